The van der Waals surface area contributed by atoms with E-state index in [1.807, 2.05) is 9.80 Å². The van der Waals surface area contributed by atoms with Crippen LogP contribution in [0.1, 0.15) is 36.0 Å². The summed E-state index contributed by atoms with van der Waals surface area (Å²) in [6.45, 7) is 3.06. The maximum Gasteiger partial charge on any atom is 0.293 e. The predicted octanol–water partition coefficient (Wildman–Crippen LogP) is 2.43. The first-order valence-electron chi connectivity index (χ1n) is 9.13. The number of nitro groups is 1. The number of amides is 1. The van der Waals surface area contributed by atoms with Crippen molar-refractivity contribution < 1.29 is 9.72 Å². The second-order valence-corrected chi connectivity index (χ2v) is 7.53. The summed E-state index contributed by atoms with van der Waals surface area (Å²) in [5.74, 6) is 0.748. The van der Waals surface area contributed by atoms with E-state index in [4.69, 9.17) is 5.73 Å². The van der Waals surface area contributed by atoms with Gasteiger partial charge in [-0.2, -0.15) is 0 Å². The Morgan fingerprint density at radius 2 is 1.92 bits per heavy atom. The van der Waals surface area contributed by atoms with Crippen LogP contribution in [-0.2, 0) is 0 Å². The molecule has 2 heterocycles. The zero-order valence-corrected chi connectivity index (χ0v) is 15.5. The summed E-state index contributed by atoms with van der Waals surface area (Å²) in [5.41, 5.74) is 7.20. The van der Waals surface area contributed by atoms with Crippen LogP contribution < -0.4 is 10.6 Å². The number of nitrogens with two attached hydrogens (primary N) is 1. The number of rotatable bonds is 3. The Morgan fingerprint density at radius 3 is 2.58 bits per heavy atom. The van der Waals surface area contributed by atoms with Gasteiger partial charge in [-0.05, 0) is 49.7 Å². The monoisotopic (exact) mass is 380 g/mol. The molecule has 1 aliphatic carbocycles. The Bertz CT molecular complexity index is 708. The van der Waals surface area contributed by atoms with Crippen LogP contribution in [-0.4, -0.2) is 48.0 Å². The van der Waals surface area contributed by atoms with E-state index >= 15 is 0 Å². The van der Waals surface area contributed by atoms with E-state index < -0.39 is 0 Å². The molecule has 26 heavy (non-hydrogen) atoms. The molecule has 3 unspecified atom stereocenters. The van der Waals surface area contributed by atoms with Crippen molar-refractivity contribution in [2.75, 3.05) is 31.1 Å². The summed E-state index contributed by atoms with van der Waals surface area (Å²) in [6, 6.07) is 5.09. The van der Waals surface area contributed by atoms with E-state index in [1.165, 1.54) is 6.07 Å². The summed E-state index contributed by atoms with van der Waals surface area (Å²) in [4.78, 5) is 27.8. The lowest BCUT2D eigenvalue weighted by atomic mass is 9.98. The number of nitro benzene ring substituents is 1. The molecule has 1 amide bonds. The number of likely N-dealkylation sites (tertiary alicyclic amines) is 1. The SMILES string of the molecule is Cl.NC1CCC2CN(C(=O)c3ccc(N4CCCC4)c([N+](=O)[O-])c3)CC12. The number of benzene rings is 1. The third-order valence-corrected chi connectivity index (χ3v) is 6.07. The first kappa shape index (κ1) is 18.9. The molecule has 0 bridgehead atoms. The molecule has 3 aliphatic rings. The molecule has 8 heteroatoms. The molecule has 142 valence electrons. The van der Waals surface area contributed by atoms with Crippen molar-refractivity contribution in [2.45, 2.75) is 31.7 Å². The molecule has 4 rings (SSSR count). The molecule has 1 aromatic carbocycles. The minimum Gasteiger partial charge on any atom is -0.366 e. The van der Waals surface area contributed by atoms with Crippen molar-refractivity contribution >= 4 is 29.7 Å². The molecule has 2 aliphatic heterocycles. The Kier molecular flexibility index (Phi) is 5.39. The second-order valence-electron chi connectivity index (χ2n) is 7.53. The van der Waals surface area contributed by atoms with Crippen LogP contribution in [0.3, 0.4) is 0 Å². The van der Waals surface area contributed by atoms with Gasteiger partial charge in [-0.25, -0.2) is 0 Å². The van der Waals surface area contributed by atoms with Crippen molar-refractivity contribution in [1.29, 1.82) is 0 Å². The minimum absolute atomic E-state index is 0. The lowest BCUT2D eigenvalue weighted by Gasteiger charge is -2.20. The van der Waals surface area contributed by atoms with Crippen LogP contribution in [0.15, 0.2) is 18.2 Å². The summed E-state index contributed by atoms with van der Waals surface area (Å²) < 4.78 is 0. The summed E-state index contributed by atoms with van der Waals surface area (Å²) >= 11 is 0. The van der Waals surface area contributed by atoms with Crippen LogP contribution in [0.5, 0.6) is 0 Å². The van der Waals surface area contributed by atoms with E-state index in [9.17, 15) is 14.9 Å². The van der Waals surface area contributed by atoms with Gasteiger partial charge in [0.2, 0.25) is 0 Å². The van der Waals surface area contributed by atoms with Gasteiger partial charge >= 0.3 is 0 Å². The average molecular weight is 381 g/mol. The van der Waals surface area contributed by atoms with E-state index in [0.29, 0.717) is 29.6 Å². The zero-order valence-electron chi connectivity index (χ0n) is 14.7. The Morgan fingerprint density at radius 1 is 1.19 bits per heavy atom. The predicted molar refractivity (Wildman–Crippen MR) is 102 cm³/mol. The average Bonchev–Trinajstić information content (AvgIpc) is 3.32. The first-order chi connectivity index (χ1) is 12.0. The fraction of sp³-hybridized carbons (Fsp3) is 0.611. The van der Waals surface area contributed by atoms with Crippen LogP contribution in [0.2, 0.25) is 0 Å². The first-order valence-corrected chi connectivity index (χ1v) is 9.13. The topological polar surface area (TPSA) is 92.7 Å². The van der Waals surface area contributed by atoms with Crippen molar-refractivity contribution in [3.8, 4) is 0 Å². The van der Waals surface area contributed by atoms with Gasteiger partial charge in [0.15, 0.2) is 0 Å². The van der Waals surface area contributed by atoms with Gasteiger partial charge in [0.1, 0.15) is 5.69 Å². The van der Waals surface area contributed by atoms with Gasteiger partial charge in [0, 0.05) is 43.9 Å². The molecule has 2 N–H and O–H groups in total. The highest BCUT2D eigenvalue weighted by Gasteiger charge is 2.42. The highest BCUT2D eigenvalue weighted by Crippen LogP contribution is 2.38. The van der Waals surface area contributed by atoms with E-state index in [2.05, 4.69) is 0 Å². The fourth-order valence-corrected chi connectivity index (χ4v) is 4.68. The van der Waals surface area contributed by atoms with Gasteiger partial charge in [-0.3, -0.25) is 14.9 Å². The summed E-state index contributed by atoms with van der Waals surface area (Å²) in [7, 11) is 0. The number of carbonyl (C=O) groups excluding carboxylic acids is 1. The number of hydrogen-bond acceptors (Lipinski definition) is 5. The Labute approximate surface area is 159 Å². The Balaban J connectivity index is 0.00000196. The van der Waals surface area contributed by atoms with Gasteiger partial charge < -0.3 is 15.5 Å². The maximum absolute atomic E-state index is 12.8. The molecule has 1 saturated carbocycles. The van der Waals surface area contributed by atoms with Gasteiger partial charge in [0.25, 0.3) is 11.6 Å². The molecular weight excluding hydrogens is 356 g/mol. The van der Waals surface area contributed by atoms with Crippen molar-refractivity contribution in [1.82, 2.24) is 4.90 Å². The number of nitrogens with zero attached hydrogens (tertiary/aromatic N) is 3. The number of hydrogen-bond donors (Lipinski definition) is 1. The largest absolute Gasteiger partial charge is 0.366 e. The molecule has 3 fully saturated rings. The van der Waals surface area contributed by atoms with Crippen LogP contribution in [0, 0.1) is 22.0 Å². The number of halogens is 1. The molecular formula is C18H25ClN4O3. The summed E-state index contributed by atoms with van der Waals surface area (Å²) in [6.07, 6.45) is 4.21. The van der Waals surface area contributed by atoms with Crippen LogP contribution in [0.4, 0.5) is 11.4 Å². The van der Waals surface area contributed by atoms with Crippen molar-refractivity contribution in [3.63, 3.8) is 0 Å². The zero-order chi connectivity index (χ0) is 17.6. The number of carbonyl (C=O) groups is 1. The molecule has 7 nitrogen and oxygen atoms in total. The third kappa shape index (κ3) is 3.25. The molecule has 3 atom stereocenters. The molecule has 0 radical (unpaired) electrons. The minimum atomic E-state index is -0.376. The van der Waals surface area contributed by atoms with Crippen LogP contribution >= 0.6 is 12.4 Å². The molecule has 0 aromatic heterocycles. The maximum atomic E-state index is 12.8. The van der Waals surface area contributed by atoms with E-state index in [0.717, 1.165) is 45.3 Å². The Hall–Kier alpha value is -1.86. The normalized spacial score (nSPS) is 27.3. The van der Waals surface area contributed by atoms with Crippen molar-refractivity contribution in [3.05, 3.63) is 33.9 Å². The second kappa shape index (κ2) is 7.40. The van der Waals surface area contributed by atoms with Gasteiger partial charge in [0.05, 0.1) is 4.92 Å². The number of fused-ring (bicyclic) bond motifs is 1. The smallest absolute Gasteiger partial charge is 0.293 e. The van der Waals surface area contributed by atoms with Crippen molar-refractivity contribution in [2.24, 2.45) is 17.6 Å². The van der Waals surface area contributed by atoms with E-state index in [-0.39, 0.29) is 35.0 Å². The van der Waals surface area contributed by atoms with E-state index in [1.54, 1.807) is 12.1 Å². The highest BCUT2D eigenvalue weighted by atomic mass is 35.5. The molecule has 0 spiro atoms. The summed E-state index contributed by atoms with van der Waals surface area (Å²) in [5, 5.41) is 11.5. The van der Waals surface area contributed by atoms with Gasteiger partial charge in [-0.1, -0.05) is 0 Å². The lowest BCUT2D eigenvalue weighted by Crippen LogP contribution is -2.33. The standard InChI is InChI=1S/C18H24N4O3.ClH/c19-15-5-3-13-10-21(11-14(13)15)18(23)12-4-6-16(17(9-12)22(24)25)20-7-1-2-8-20;/h4,6,9,13-15H,1-3,5,7-8,10-11,19H2;1H. The van der Waals surface area contributed by atoms with Gasteiger partial charge in [-0.15, -0.1) is 12.4 Å². The molecule has 1 aromatic rings. The third-order valence-electron chi connectivity index (χ3n) is 6.07. The quantitative estimate of drug-likeness (QED) is 0.642. The fourth-order valence-electron chi connectivity index (χ4n) is 4.68. The van der Waals surface area contributed by atoms with Crippen LogP contribution in [0.25, 0.3) is 0 Å². The lowest BCUT2D eigenvalue weighted by molar-refractivity contribution is -0.384. The highest BCUT2D eigenvalue weighted by molar-refractivity contribution is 5.96. The number of anilines is 1. The molecule has 2 saturated heterocycles.